The second-order valence-electron chi connectivity index (χ2n) is 6.64. The van der Waals surface area contributed by atoms with Crippen LogP contribution < -0.4 is 0 Å². The Morgan fingerprint density at radius 1 is 0.593 bits per heavy atom. The minimum absolute atomic E-state index is 0. The molecule has 0 N–H and O–H groups in total. The Morgan fingerprint density at radius 3 is 1.04 bits per heavy atom. The van der Waals surface area contributed by atoms with Gasteiger partial charge >= 0.3 is 48.9 Å². The Labute approximate surface area is 207 Å². The topological polar surface area (TPSA) is 65.9 Å². The fraction of sp³-hybridized carbons (Fsp3) is 0.667. The third kappa shape index (κ3) is 25.5. The van der Waals surface area contributed by atoms with Crippen LogP contribution in [-0.4, -0.2) is 137 Å². The first kappa shape index (κ1) is 31.2. The molecule has 0 radical (unpaired) electrons. The summed E-state index contributed by atoms with van der Waals surface area (Å²) in [5, 5.41) is 15.5. The normalized spacial score (nSPS) is 13.0. The molecule has 0 heterocycles. The van der Waals surface area contributed by atoms with Crippen molar-refractivity contribution in [3.05, 3.63) is 34.4 Å². The van der Waals surface area contributed by atoms with Crippen molar-refractivity contribution in [1.29, 1.82) is 0 Å². The molecule has 0 bridgehead atoms. The summed E-state index contributed by atoms with van der Waals surface area (Å²) < 4.78 is 0. The van der Waals surface area contributed by atoms with Gasteiger partial charge < -0.3 is 30.9 Å². The van der Waals surface area contributed by atoms with E-state index in [1.165, 1.54) is 0 Å². The predicted molar refractivity (Wildman–Crippen MR) is 121 cm³/mol. The summed E-state index contributed by atoms with van der Waals surface area (Å²) in [4.78, 5) is 0. The molecule has 0 aliphatic carbocycles. The standard InChI is InChI=1S/2C9H19N4.Ba/c2*1-8(10-12(3)4)7-9(2)11-13(5)6;/h2*7H,1-6H3;/q2*-1;+2/b2*8-7-,11-9+;. The average molecular weight is 504 g/mol. The van der Waals surface area contributed by atoms with E-state index < -0.39 is 0 Å². The maximum absolute atomic E-state index is 4.22. The van der Waals surface area contributed by atoms with E-state index in [9.17, 15) is 0 Å². The first-order chi connectivity index (χ1) is 11.8. The number of hydrogen-bond acceptors (Lipinski definition) is 6. The molecule has 8 nitrogen and oxygen atoms in total. The number of allylic oxidation sites excluding steroid dienone is 4. The van der Waals surface area contributed by atoms with Crippen molar-refractivity contribution in [2.24, 2.45) is 10.2 Å². The summed E-state index contributed by atoms with van der Waals surface area (Å²) in [6.45, 7) is 7.81. The van der Waals surface area contributed by atoms with Gasteiger partial charge in [0.1, 0.15) is 0 Å². The van der Waals surface area contributed by atoms with Crippen LogP contribution in [-0.2, 0) is 0 Å². The van der Waals surface area contributed by atoms with Gasteiger partial charge in [-0.2, -0.15) is 21.6 Å². The largest absolute Gasteiger partial charge is 2.00 e. The minimum atomic E-state index is 0. The molecule has 9 heteroatoms. The van der Waals surface area contributed by atoms with Gasteiger partial charge in [0.15, 0.2) is 0 Å². The van der Waals surface area contributed by atoms with Crippen LogP contribution in [0.3, 0.4) is 0 Å². The van der Waals surface area contributed by atoms with Crippen LogP contribution in [0.5, 0.6) is 0 Å². The first-order valence-electron chi connectivity index (χ1n) is 8.43. The SMILES string of the molecule is C/C(=C/C(C)=N/N(C)C)[N-]N(C)C.C/C(=C/C(C)=N/N(C)C)[N-]N(C)C.[Ba+2]. The molecule has 152 valence electrons. The van der Waals surface area contributed by atoms with E-state index in [1.807, 2.05) is 96.2 Å². The van der Waals surface area contributed by atoms with Crippen LogP contribution in [0.4, 0.5) is 0 Å². The number of nitrogens with zero attached hydrogens (tertiary/aromatic N) is 8. The van der Waals surface area contributed by atoms with Crippen LogP contribution >= 0.6 is 0 Å². The molecule has 0 aliphatic heterocycles. The zero-order valence-corrected chi connectivity index (χ0v) is 23.9. The van der Waals surface area contributed by atoms with Crippen molar-refractivity contribution >= 4 is 60.3 Å². The van der Waals surface area contributed by atoms with Gasteiger partial charge in [0, 0.05) is 28.2 Å². The monoisotopic (exact) mass is 504 g/mol. The van der Waals surface area contributed by atoms with Crippen LogP contribution in [0.25, 0.3) is 10.9 Å². The first-order valence-corrected chi connectivity index (χ1v) is 8.43. The van der Waals surface area contributed by atoms with Crippen molar-refractivity contribution < 1.29 is 0 Å². The zero-order valence-electron chi connectivity index (χ0n) is 19.4. The van der Waals surface area contributed by atoms with Crippen molar-refractivity contribution in [1.82, 2.24) is 20.0 Å². The molecule has 0 saturated heterocycles. The Bertz CT molecular complexity index is 459. The molecular weight excluding hydrogens is 466 g/mol. The molecule has 0 atom stereocenters. The molecule has 0 aromatic carbocycles. The van der Waals surface area contributed by atoms with E-state index in [2.05, 4.69) is 21.1 Å². The molecule has 0 unspecified atom stereocenters. The van der Waals surface area contributed by atoms with Gasteiger partial charge in [0.25, 0.3) is 0 Å². The number of rotatable bonds is 8. The van der Waals surface area contributed by atoms with Gasteiger partial charge in [-0.3, -0.25) is 0 Å². The molecule has 0 saturated carbocycles. The van der Waals surface area contributed by atoms with Gasteiger partial charge in [0.05, 0.1) is 11.4 Å². The van der Waals surface area contributed by atoms with Crippen LogP contribution in [0.1, 0.15) is 27.7 Å². The van der Waals surface area contributed by atoms with Crippen LogP contribution in [0.2, 0.25) is 0 Å². The fourth-order valence-electron chi connectivity index (χ4n) is 1.98. The Hall–Kier alpha value is -0.489. The van der Waals surface area contributed by atoms with E-state index in [0.717, 1.165) is 22.8 Å². The predicted octanol–water partition coefficient (Wildman–Crippen LogP) is 2.98. The van der Waals surface area contributed by atoms with Gasteiger partial charge in [-0.1, -0.05) is 26.0 Å². The summed E-state index contributed by atoms with van der Waals surface area (Å²) >= 11 is 0. The average Bonchev–Trinajstić information content (AvgIpc) is 2.33. The number of hydrogen-bond donors (Lipinski definition) is 0. The maximum atomic E-state index is 4.22. The Morgan fingerprint density at radius 2 is 0.852 bits per heavy atom. The van der Waals surface area contributed by atoms with Crippen LogP contribution in [0, 0.1) is 0 Å². The van der Waals surface area contributed by atoms with Crippen LogP contribution in [0.15, 0.2) is 33.7 Å². The molecule has 0 amide bonds. The van der Waals surface area contributed by atoms with Crippen molar-refractivity contribution in [2.45, 2.75) is 27.7 Å². The summed E-state index contributed by atoms with van der Waals surface area (Å²) in [6.07, 6.45) is 3.89. The van der Waals surface area contributed by atoms with Gasteiger partial charge in [-0.25, -0.2) is 0 Å². The number of hydrazone groups is 2. The smallest absolute Gasteiger partial charge is 0.624 e. The summed E-state index contributed by atoms with van der Waals surface area (Å²) in [5.41, 5.74) is 12.2. The van der Waals surface area contributed by atoms with Crippen molar-refractivity contribution in [3.8, 4) is 0 Å². The van der Waals surface area contributed by atoms with Gasteiger partial charge in [0.2, 0.25) is 0 Å². The van der Waals surface area contributed by atoms with E-state index in [4.69, 9.17) is 0 Å². The molecule has 0 rings (SSSR count). The third-order valence-corrected chi connectivity index (χ3v) is 2.27. The zero-order chi connectivity index (χ0) is 20.9. The molecule has 27 heavy (non-hydrogen) atoms. The van der Waals surface area contributed by atoms with Crippen molar-refractivity contribution in [3.63, 3.8) is 0 Å². The summed E-state index contributed by atoms with van der Waals surface area (Å²) in [5.74, 6) is 0. The van der Waals surface area contributed by atoms with Gasteiger partial charge in [-0.05, 0) is 42.0 Å². The summed E-state index contributed by atoms with van der Waals surface area (Å²) in [7, 11) is 15.2. The maximum Gasteiger partial charge on any atom is 2.00 e. The Balaban J connectivity index is -0.000000411. The Kier molecular flexibility index (Phi) is 20.3. The minimum Gasteiger partial charge on any atom is -0.624 e. The third-order valence-electron chi connectivity index (χ3n) is 2.27. The van der Waals surface area contributed by atoms with Crippen molar-refractivity contribution in [2.75, 3.05) is 56.4 Å². The molecule has 0 fully saturated rings. The fourth-order valence-corrected chi connectivity index (χ4v) is 1.98. The summed E-state index contributed by atoms with van der Waals surface area (Å²) in [6, 6.07) is 0. The van der Waals surface area contributed by atoms with Gasteiger partial charge in [-0.15, -0.1) is 0 Å². The van der Waals surface area contributed by atoms with E-state index in [0.29, 0.717) is 0 Å². The van der Waals surface area contributed by atoms with E-state index in [1.54, 1.807) is 20.0 Å². The van der Waals surface area contributed by atoms with E-state index in [-0.39, 0.29) is 48.9 Å². The molecule has 0 spiro atoms. The molecule has 0 aromatic heterocycles. The second kappa shape index (κ2) is 17.6. The quantitative estimate of drug-likeness (QED) is 0.290. The second-order valence-corrected chi connectivity index (χ2v) is 6.64. The molecule has 0 aliphatic rings. The van der Waals surface area contributed by atoms with E-state index >= 15 is 0 Å². The molecule has 0 aromatic rings. The molecular formula is C18H38BaN8.